The van der Waals surface area contributed by atoms with E-state index in [0.29, 0.717) is 24.5 Å². The Kier molecular flexibility index (Phi) is 9.60. The lowest BCUT2D eigenvalue weighted by atomic mass is 10.1. The standard InChI is InChI=1S/C20H25N3O2.2ClH/c1-23(2)9-10-25-19-6-4-3-5-18(19)20(24)22-12-15-7-8-16-13-21-14-17(16)11-15;;/h3-8,11,21H,9-10,12-14H2,1-2H3,(H,22,24);2*1H. The number of amides is 1. The van der Waals surface area contributed by atoms with Gasteiger partial charge in [-0.1, -0.05) is 30.3 Å². The lowest BCUT2D eigenvalue weighted by molar-refractivity contribution is 0.0946. The van der Waals surface area contributed by atoms with Crippen molar-refractivity contribution in [2.24, 2.45) is 0 Å². The van der Waals surface area contributed by atoms with Crippen LogP contribution in [0.15, 0.2) is 42.5 Å². The summed E-state index contributed by atoms with van der Waals surface area (Å²) in [5.41, 5.74) is 4.35. The molecule has 0 aliphatic carbocycles. The largest absolute Gasteiger partial charge is 0.491 e. The van der Waals surface area contributed by atoms with Crippen LogP contribution in [0.2, 0.25) is 0 Å². The summed E-state index contributed by atoms with van der Waals surface area (Å²) in [6, 6.07) is 13.7. The van der Waals surface area contributed by atoms with Crippen LogP contribution in [0.5, 0.6) is 5.75 Å². The van der Waals surface area contributed by atoms with E-state index < -0.39 is 0 Å². The molecule has 1 aliphatic heterocycles. The van der Waals surface area contributed by atoms with Gasteiger partial charge in [0.1, 0.15) is 12.4 Å². The molecule has 0 aromatic heterocycles. The van der Waals surface area contributed by atoms with E-state index in [1.165, 1.54) is 11.1 Å². The molecular weight excluding hydrogens is 385 g/mol. The smallest absolute Gasteiger partial charge is 0.255 e. The third-order valence-electron chi connectivity index (χ3n) is 4.28. The number of benzene rings is 2. The molecule has 7 heteroatoms. The molecule has 1 heterocycles. The van der Waals surface area contributed by atoms with Gasteiger partial charge in [-0.15, -0.1) is 24.8 Å². The van der Waals surface area contributed by atoms with Crippen LogP contribution >= 0.6 is 24.8 Å². The average Bonchev–Trinajstić information content (AvgIpc) is 3.07. The van der Waals surface area contributed by atoms with Gasteiger partial charge in [0.15, 0.2) is 0 Å². The molecule has 0 fully saturated rings. The summed E-state index contributed by atoms with van der Waals surface area (Å²) in [6.45, 7) is 3.70. The second kappa shape index (κ2) is 11.1. The Labute approximate surface area is 173 Å². The van der Waals surface area contributed by atoms with Crippen molar-refractivity contribution in [2.45, 2.75) is 19.6 Å². The fourth-order valence-electron chi connectivity index (χ4n) is 2.85. The maximum Gasteiger partial charge on any atom is 0.255 e. The quantitative estimate of drug-likeness (QED) is 0.734. The number of carbonyl (C=O) groups is 1. The van der Waals surface area contributed by atoms with Crippen molar-refractivity contribution in [1.29, 1.82) is 0 Å². The first-order chi connectivity index (χ1) is 12.1. The highest BCUT2D eigenvalue weighted by Gasteiger charge is 2.13. The van der Waals surface area contributed by atoms with E-state index >= 15 is 0 Å². The van der Waals surface area contributed by atoms with Crippen LogP contribution in [-0.2, 0) is 19.6 Å². The Morgan fingerprint density at radius 2 is 1.85 bits per heavy atom. The maximum absolute atomic E-state index is 12.6. The van der Waals surface area contributed by atoms with Crippen LogP contribution in [-0.4, -0.2) is 38.1 Å². The molecule has 2 N–H and O–H groups in total. The van der Waals surface area contributed by atoms with Crippen LogP contribution in [0, 0.1) is 0 Å². The maximum atomic E-state index is 12.6. The molecule has 0 spiro atoms. The number of rotatable bonds is 7. The molecule has 0 radical (unpaired) electrons. The summed E-state index contributed by atoms with van der Waals surface area (Å²) >= 11 is 0. The van der Waals surface area contributed by atoms with Gasteiger partial charge in [0.2, 0.25) is 0 Å². The predicted octanol–water partition coefficient (Wildman–Crippen LogP) is 3.00. The number of nitrogens with one attached hydrogen (secondary N) is 2. The number of fused-ring (bicyclic) bond motifs is 1. The Balaban J connectivity index is 0.00000182. The summed E-state index contributed by atoms with van der Waals surface area (Å²) in [7, 11) is 3.99. The van der Waals surface area contributed by atoms with Crippen LogP contribution in [0.1, 0.15) is 27.0 Å². The molecule has 0 bridgehead atoms. The van der Waals surface area contributed by atoms with Crippen molar-refractivity contribution < 1.29 is 9.53 Å². The number of nitrogens with zero attached hydrogens (tertiary/aromatic N) is 1. The van der Waals surface area contributed by atoms with Crippen molar-refractivity contribution >= 4 is 30.7 Å². The molecule has 0 saturated heterocycles. The second-order valence-electron chi connectivity index (χ2n) is 6.54. The van der Waals surface area contributed by atoms with Crippen LogP contribution in [0.3, 0.4) is 0 Å². The topological polar surface area (TPSA) is 53.6 Å². The number of para-hydroxylation sites is 1. The van der Waals surface area contributed by atoms with Crippen LogP contribution in [0.4, 0.5) is 0 Å². The van der Waals surface area contributed by atoms with Gasteiger partial charge in [0.05, 0.1) is 5.56 Å². The van der Waals surface area contributed by atoms with Gasteiger partial charge in [-0.3, -0.25) is 4.79 Å². The van der Waals surface area contributed by atoms with Gasteiger partial charge in [0.25, 0.3) is 5.91 Å². The molecule has 148 valence electrons. The van der Waals surface area contributed by atoms with Crippen LogP contribution in [0.25, 0.3) is 0 Å². The number of carbonyl (C=O) groups excluding carboxylic acids is 1. The molecule has 0 unspecified atom stereocenters. The normalized spacial score (nSPS) is 12.0. The van der Waals surface area contributed by atoms with E-state index in [9.17, 15) is 4.79 Å². The third-order valence-corrected chi connectivity index (χ3v) is 4.28. The summed E-state index contributed by atoms with van der Waals surface area (Å²) < 4.78 is 5.77. The summed E-state index contributed by atoms with van der Waals surface area (Å²) in [5, 5.41) is 6.33. The minimum absolute atomic E-state index is 0. The van der Waals surface area contributed by atoms with Gasteiger partial charge in [-0.25, -0.2) is 0 Å². The number of likely N-dealkylation sites (N-methyl/N-ethyl adjacent to an activating group) is 1. The zero-order valence-electron chi connectivity index (χ0n) is 15.7. The van der Waals surface area contributed by atoms with E-state index in [-0.39, 0.29) is 30.7 Å². The first-order valence-electron chi connectivity index (χ1n) is 8.59. The van der Waals surface area contributed by atoms with Crippen LogP contribution < -0.4 is 15.4 Å². The lowest BCUT2D eigenvalue weighted by Crippen LogP contribution is -2.24. The summed E-state index contributed by atoms with van der Waals surface area (Å²) in [6.07, 6.45) is 0. The molecule has 3 rings (SSSR count). The van der Waals surface area contributed by atoms with E-state index in [0.717, 1.165) is 25.2 Å². The fraction of sp³-hybridized carbons (Fsp3) is 0.350. The first-order valence-corrected chi connectivity index (χ1v) is 8.59. The van der Waals surface area contributed by atoms with E-state index in [1.54, 1.807) is 6.07 Å². The zero-order chi connectivity index (χ0) is 17.6. The monoisotopic (exact) mass is 411 g/mol. The molecule has 1 aliphatic rings. The number of hydrogen-bond acceptors (Lipinski definition) is 4. The summed E-state index contributed by atoms with van der Waals surface area (Å²) in [5.74, 6) is 0.513. The minimum atomic E-state index is -0.112. The Hall–Kier alpha value is -1.79. The third kappa shape index (κ3) is 6.40. The minimum Gasteiger partial charge on any atom is -0.491 e. The molecule has 2 aromatic carbocycles. The van der Waals surface area contributed by atoms with E-state index in [4.69, 9.17) is 4.74 Å². The van der Waals surface area contributed by atoms with E-state index in [1.807, 2.05) is 37.2 Å². The predicted molar refractivity (Wildman–Crippen MR) is 113 cm³/mol. The molecular formula is C20H27Cl2N3O2. The molecule has 27 heavy (non-hydrogen) atoms. The molecule has 2 aromatic rings. The highest BCUT2D eigenvalue weighted by atomic mass is 35.5. The van der Waals surface area contributed by atoms with Gasteiger partial charge in [-0.05, 0) is 42.9 Å². The number of hydrogen-bond donors (Lipinski definition) is 2. The Morgan fingerprint density at radius 3 is 2.63 bits per heavy atom. The van der Waals surface area contributed by atoms with Crippen molar-refractivity contribution in [1.82, 2.24) is 15.5 Å². The van der Waals surface area contributed by atoms with Crippen molar-refractivity contribution in [3.63, 3.8) is 0 Å². The highest BCUT2D eigenvalue weighted by Crippen LogP contribution is 2.19. The molecule has 5 nitrogen and oxygen atoms in total. The first kappa shape index (κ1) is 23.2. The lowest BCUT2D eigenvalue weighted by Gasteiger charge is -2.14. The van der Waals surface area contributed by atoms with Gasteiger partial charge < -0.3 is 20.3 Å². The summed E-state index contributed by atoms with van der Waals surface area (Å²) in [4.78, 5) is 14.6. The van der Waals surface area contributed by atoms with Gasteiger partial charge in [0, 0.05) is 26.2 Å². The molecule has 0 atom stereocenters. The van der Waals surface area contributed by atoms with Crippen molar-refractivity contribution in [2.75, 3.05) is 27.2 Å². The molecule has 1 amide bonds. The van der Waals surface area contributed by atoms with Gasteiger partial charge in [-0.2, -0.15) is 0 Å². The van der Waals surface area contributed by atoms with Crippen molar-refractivity contribution in [3.8, 4) is 5.75 Å². The number of halogens is 2. The Morgan fingerprint density at radius 1 is 1.11 bits per heavy atom. The second-order valence-corrected chi connectivity index (χ2v) is 6.54. The van der Waals surface area contributed by atoms with E-state index in [2.05, 4.69) is 28.8 Å². The average molecular weight is 412 g/mol. The number of ether oxygens (including phenoxy) is 1. The highest BCUT2D eigenvalue weighted by molar-refractivity contribution is 5.96. The Bertz CT molecular complexity index is 754. The molecule has 0 saturated carbocycles. The van der Waals surface area contributed by atoms with Crippen molar-refractivity contribution in [3.05, 3.63) is 64.7 Å². The van der Waals surface area contributed by atoms with Gasteiger partial charge >= 0.3 is 0 Å². The zero-order valence-corrected chi connectivity index (χ0v) is 17.3. The fourth-order valence-corrected chi connectivity index (χ4v) is 2.85. The SMILES string of the molecule is CN(C)CCOc1ccccc1C(=O)NCc1ccc2c(c1)CNC2.Cl.Cl.